The van der Waals surface area contributed by atoms with E-state index in [9.17, 15) is 14.7 Å². The van der Waals surface area contributed by atoms with Crippen LogP contribution >= 0.6 is 0 Å². The fraction of sp³-hybridized carbons (Fsp3) is 0.238. The van der Waals surface area contributed by atoms with Crippen LogP contribution in [-0.4, -0.2) is 24.2 Å². The van der Waals surface area contributed by atoms with E-state index in [-0.39, 0.29) is 17.4 Å². The number of carbonyl (C=O) groups is 2. The Labute approximate surface area is 163 Å². The lowest BCUT2D eigenvalue weighted by Gasteiger charge is -2.29. The smallest absolute Gasteiger partial charge is 0.319 e. The summed E-state index contributed by atoms with van der Waals surface area (Å²) in [6.07, 6.45) is 0. The number of aromatic hydroxyl groups is 1. The van der Waals surface area contributed by atoms with Gasteiger partial charge >= 0.3 is 6.03 Å². The standard InChI is InChI=1S/C21H23N3O4/c1-11-5-7-15(12(2)9-11)23-20(26)18-13(3)22-21(27)24-19(18)14-6-8-16(25)17(10-14)28-4/h5-10,19,25H,1-4H3,(H,23,26)(H2,22,24,27)/t19-/m1/s1. The first-order valence-corrected chi connectivity index (χ1v) is 8.84. The van der Waals surface area contributed by atoms with Crippen molar-refractivity contribution in [3.05, 3.63) is 64.4 Å². The number of allylic oxidation sites excluding steroid dienone is 1. The van der Waals surface area contributed by atoms with Crippen LogP contribution in [0.4, 0.5) is 10.5 Å². The van der Waals surface area contributed by atoms with E-state index >= 15 is 0 Å². The van der Waals surface area contributed by atoms with Crippen molar-refractivity contribution in [2.24, 2.45) is 0 Å². The third-order valence-corrected chi connectivity index (χ3v) is 4.68. The Hall–Kier alpha value is -3.48. The van der Waals surface area contributed by atoms with Crippen LogP contribution in [-0.2, 0) is 4.79 Å². The maximum atomic E-state index is 13.1. The van der Waals surface area contributed by atoms with Gasteiger partial charge in [0.15, 0.2) is 11.5 Å². The van der Waals surface area contributed by atoms with Gasteiger partial charge in [0.2, 0.25) is 0 Å². The zero-order chi connectivity index (χ0) is 20.4. The van der Waals surface area contributed by atoms with E-state index in [1.165, 1.54) is 13.2 Å². The second kappa shape index (κ2) is 7.64. The van der Waals surface area contributed by atoms with E-state index in [0.717, 1.165) is 11.1 Å². The van der Waals surface area contributed by atoms with E-state index in [0.29, 0.717) is 22.5 Å². The van der Waals surface area contributed by atoms with Crippen molar-refractivity contribution in [3.8, 4) is 11.5 Å². The van der Waals surface area contributed by atoms with Crippen molar-refractivity contribution in [1.82, 2.24) is 10.6 Å². The molecule has 0 spiro atoms. The zero-order valence-electron chi connectivity index (χ0n) is 16.2. The summed E-state index contributed by atoms with van der Waals surface area (Å²) in [4.78, 5) is 25.1. The van der Waals surface area contributed by atoms with Gasteiger partial charge in [0, 0.05) is 11.4 Å². The highest BCUT2D eigenvalue weighted by molar-refractivity contribution is 6.07. The van der Waals surface area contributed by atoms with Gasteiger partial charge in [0.25, 0.3) is 5.91 Å². The number of nitrogens with one attached hydrogen (secondary N) is 3. The number of phenolic OH excluding ortho intramolecular Hbond substituents is 1. The molecule has 28 heavy (non-hydrogen) atoms. The summed E-state index contributed by atoms with van der Waals surface area (Å²) >= 11 is 0. The van der Waals surface area contributed by atoms with Crippen molar-refractivity contribution in [2.75, 3.05) is 12.4 Å². The fourth-order valence-electron chi connectivity index (χ4n) is 3.26. The molecule has 3 amide bonds. The molecular weight excluding hydrogens is 358 g/mol. The highest BCUT2D eigenvalue weighted by atomic mass is 16.5. The molecule has 0 aromatic heterocycles. The molecule has 7 nitrogen and oxygen atoms in total. The zero-order valence-corrected chi connectivity index (χ0v) is 16.2. The summed E-state index contributed by atoms with van der Waals surface area (Å²) in [5.41, 5.74) is 4.22. The minimum absolute atomic E-state index is 0.0199. The minimum Gasteiger partial charge on any atom is -0.504 e. The average molecular weight is 381 g/mol. The number of methoxy groups -OCH3 is 1. The van der Waals surface area contributed by atoms with Gasteiger partial charge in [-0.2, -0.15) is 0 Å². The maximum absolute atomic E-state index is 13.1. The van der Waals surface area contributed by atoms with Gasteiger partial charge in [-0.25, -0.2) is 4.79 Å². The monoisotopic (exact) mass is 381 g/mol. The lowest BCUT2D eigenvalue weighted by molar-refractivity contribution is -0.113. The van der Waals surface area contributed by atoms with Crippen molar-refractivity contribution in [3.63, 3.8) is 0 Å². The molecule has 2 aromatic carbocycles. The predicted molar refractivity (Wildman–Crippen MR) is 106 cm³/mol. The third-order valence-electron chi connectivity index (χ3n) is 4.68. The first-order valence-electron chi connectivity index (χ1n) is 8.84. The maximum Gasteiger partial charge on any atom is 0.319 e. The van der Waals surface area contributed by atoms with Gasteiger partial charge in [-0.15, -0.1) is 0 Å². The average Bonchev–Trinajstić information content (AvgIpc) is 2.63. The molecule has 2 aromatic rings. The Kier molecular flexibility index (Phi) is 5.26. The normalized spacial score (nSPS) is 16.3. The molecule has 0 bridgehead atoms. The molecule has 1 aliphatic rings. The van der Waals surface area contributed by atoms with Gasteiger partial charge in [0.05, 0.1) is 18.7 Å². The van der Waals surface area contributed by atoms with Crippen LogP contribution in [0.25, 0.3) is 0 Å². The Morgan fingerprint density at radius 1 is 1.14 bits per heavy atom. The summed E-state index contributed by atoms with van der Waals surface area (Å²) in [6.45, 7) is 5.59. The molecule has 0 radical (unpaired) electrons. The van der Waals surface area contributed by atoms with Crippen molar-refractivity contribution < 1.29 is 19.4 Å². The number of amides is 3. The van der Waals surface area contributed by atoms with Crippen LogP contribution in [0.5, 0.6) is 11.5 Å². The first-order chi connectivity index (χ1) is 13.3. The van der Waals surface area contributed by atoms with E-state index in [4.69, 9.17) is 4.74 Å². The second-order valence-corrected chi connectivity index (χ2v) is 6.77. The number of carbonyl (C=O) groups excluding carboxylic acids is 2. The molecule has 0 aliphatic carbocycles. The topological polar surface area (TPSA) is 99.7 Å². The first kappa shape index (κ1) is 19.3. The van der Waals surface area contributed by atoms with Gasteiger partial charge < -0.3 is 25.8 Å². The molecule has 7 heteroatoms. The molecule has 1 heterocycles. The van der Waals surface area contributed by atoms with E-state index in [2.05, 4.69) is 16.0 Å². The van der Waals surface area contributed by atoms with Crippen LogP contribution in [0.3, 0.4) is 0 Å². The summed E-state index contributed by atoms with van der Waals surface area (Å²) < 4.78 is 5.15. The highest BCUT2D eigenvalue weighted by Crippen LogP contribution is 2.34. The number of hydrogen-bond acceptors (Lipinski definition) is 4. The Morgan fingerprint density at radius 3 is 2.57 bits per heavy atom. The molecule has 3 rings (SSSR count). The molecular formula is C21H23N3O4. The van der Waals surface area contributed by atoms with Gasteiger partial charge in [-0.1, -0.05) is 23.8 Å². The molecule has 0 fully saturated rings. The van der Waals surface area contributed by atoms with Crippen molar-refractivity contribution in [2.45, 2.75) is 26.8 Å². The number of benzene rings is 2. The summed E-state index contributed by atoms with van der Waals surface area (Å²) in [7, 11) is 1.44. The number of aryl methyl sites for hydroxylation is 2. The number of phenols is 1. The lowest BCUT2D eigenvalue weighted by Crippen LogP contribution is -2.46. The van der Waals surface area contributed by atoms with Gasteiger partial charge in [-0.3, -0.25) is 4.79 Å². The van der Waals surface area contributed by atoms with E-state index in [1.807, 2.05) is 32.0 Å². The largest absolute Gasteiger partial charge is 0.504 e. The van der Waals surface area contributed by atoms with Gasteiger partial charge in [-0.05, 0) is 50.1 Å². The van der Waals surface area contributed by atoms with Crippen LogP contribution < -0.4 is 20.7 Å². The minimum atomic E-state index is -0.686. The summed E-state index contributed by atoms with van der Waals surface area (Å²) in [5, 5.41) is 18.2. The lowest BCUT2D eigenvalue weighted by atomic mass is 9.94. The van der Waals surface area contributed by atoms with Crippen molar-refractivity contribution >= 4 is 17.6 Å². The van der Waals surface area contributed by atoms with Crippen LogP contribution in [0.15, 0.2) is 47.7 Å². The highest BCUT2D eigenvalue weighted by Gasteiger charge is 2.31. The molecule has 146 valence electrons. The van der Waals surface area contributed by atoms with E-state index < -0.39 is 12.1 Å². The number of urea groups is 1. The number of ether oxygens (including phenoxy) is 1. The third kappa shape index (κ3) is 3.78. The molecule has 0 saturated carbocycles. The quantitative estimate of drug-likeness (QED) is 0.653. The Morgan fingerprint density at radius 2 is 1.89 bits per heavy atom. The molecule has 0 unspecified atom stereocenters. The fourth-order valence-corrected chi connectivity index (χ4v) is 3.26. The van der Waals surface area contributed by atoms with Crippen LogP contribution in [0.1, 0.15) is 29.7 Å². The SMILES string of the molecule is COc1cc([C@H]2NC(=O)NC(C)=C2C(=O)Nc2ccc(C)cc2C)ccc1O. The van der Waals surface area contributed by atoms with E-state index in [1.54, 1.807) is 19.1 Å². The predicted octanol–water partition coefficient (Wildman–Crippen LogP) is 3.28. The van der Waals surface area contributed by atoms with Crippen molar-refractivity contribution in [1.29, 1.82) is 0 Å². The molecule has 1 aliphatic heterocycles. The summed E-state index contributed by atoms with van der Waals surface area (Å²) in [6, 6.07) is 9.39. The second-order valence-electron chi connectivity index (χ2n) is 6.77. The van der Waals surface area contributed by atoms with Crippen LogP contribution in [0.2, 0.25) is 0 Å². The van der Waals surface area contributed by atoms with Crippen LogP contribution in [0, 0.1) is 13.8 Å². The van der Waals surface area contributed by atoms with Gasteiger partial charge in [0.1, 0.15) is 0 Å². The number of anilines is 1. The summed E-state index contributed by atoms with van der Waals surface area (Å²) in [5.74, 6) is -0.0837. The molecule has 0 saturated heterocycles. The number of hydrogen-bond donors (Lipinski definition) is 4. The number of rotatable bonds is 4. The Bertz CT molecular complexity index is 982. The molecule has 4 N–H and O–H groups in total. The Balaban J connectivity index is 1.98. The molecule has 1 atom stereocenters.